The summed E-state index contributed by atoms with van der Waals surface area (Å²) in [6.45, 7) is 7.61. The van der Waals surface area contributed by atoms with Gasteiger partial charge < -0.3 is 0 Å². The van der Waals surface area contributed by atoms with E-state index in [-0.39, 0.29) is 26.2 Å². The molecule has 135 valence electrons. The van der Waals surface area contributed by atoms with Crippen molar-refractivity contribution in [2.24, 2.45) is 11.8 Å². The average molecular weight is 410 g/mol. The fraction of sp³-hybridized carbons (Fsp3) is 0.556. The van der Waals surface area contributed by atoms with E-state index in [1.54, 1.807) is 17.4 Å². The molecular weight excluding hydrogens is 387 g/mol. The summed E-state index contributed by atoms with van der Waals surface area (Å²) in [5.41, 5.74) is -1.67. The van der Waals surface area contributed by atoms with Crippen LogP contribution in [-0.4, -0.2) is 47.5 Å². The Balaban J connectivity index is 2.07. The SMILES string of the molecule is COC(=O)[C@H]1[C@H](Cn2[se]c3ccccc3c2=O)C(C)(C)N([O])C1(C)C. The predicted molar refractivity (Wildman–Crippen MR) is 94.8 cm³/mol. The zero-order valence-electron chi connectivity index (χ0n) is 15.1. The van der Waals surface area contributed by atoms with E-state index in [9.17, 15) is 14.8 Å². The van der Waals surface area contributed by atoms with Crippen molar-refractivity contribution in [1.29, 1.82) is 0 Å². The minimum atomic E-state index is -0.885. The van der Waals surface area contributed by atoms with Crippen molar-refractivity contribution >= 4 is 30.3 Å². The second-order valence-electron chi connectivity index (χ2n) is 7.66. The summed E-state index contributed by atoms with van der Waals surface area (Å²) in [4.78, 5) is 25.2. The van der Waals surface area contributed by atoms with Crippen LogP contribution in [0.4, 0.5) is 0 Å². The van der Waals surface area contributed by atoms with Gasteiger partial charge in [-0.2, -0.15) is 0 Å². The molecule has 1 saturated heterocycles. The molecule has 1 aliphatic heterocycles. The second kappa shape index (κ2) is 6.09. The molecule has 1 aliphatic rings. The van der Waals surface area contributed by atoms with Gasteiger partial charge in [-0.3, -0.25) is 0 Å². The number of nitrogens with zero attached hydrogens (tertiary/aromatic N) is 2. The number of carbonyl (C=O) groups excluding carboxylic acids is 1. The molecule has 1 fully saturated rings. The maximum absolute atomic E-state index is 12.9. The Morgan fingerprint density at radius 3 is 2.44 bits per heavy atom. The minimum absolute atomic E-state index is 0.0165. The van der Waals surface area contributed by atoms with Gasteiger partial charge in [-0.05, 0) is 0 Å². The van der Waals surface area contributed by atoms with Crippen molar-refractivity contribution in [3.05, 3.63) is 34.6 Å². The van der Waals surface area contributed by atoms with Gasteiger partial charge in [0.05, 0.1) is 0 Å². The fourth-order valence-electron chi connectivity index (χ4n) is 4.14. The van der Waals surface area contributed by atoms with Gasteiger partial charge in [-0.1, -0.05) is 0 Å². The fourth-order valence-corrected chi connectivity index (χ4v) is 6.34. The van der Waals surface area contributed by atoms with Gasteiger partial charge in [0, 0.05) is 0 Å². The topological polar surface area (TPSA) is 71.4 Å². The number of hydrogen-bond acceptors (Lipinski definition) is 4. The van der Waals surface area contributed by atoms with Gasteiger partial charge in [0.1, 0.15) is 0 Å². The Kier molecular flexibility index (Phi) is 4.48. The Morgan fingerprint density at radius 2 is 1.84 bits per heavy atom. The molecule has 0 bridgehead atoms. The number of hydrogen-bond donors (Lipinski definition) is 0. The summed E-state index contributed by atoms with van der Waals surface area (Å²) in [5, 5.41) is 14.6. The van der Waals surface area contributed by atoms with Crippen molar-refractivity contribution in [1.82, 2.24) is 8.63 Å². The Morgan fingerprint density at radius 1 is 1.20 bits per heavy atom. The van der Waals surface area contributed by atoms with Crippen LogP contribution in [0.2, 0.25) is 0 Å². The average Bonchev–Trinajstić information content (AvgIpc) is 2.94. The molecule has 2 aromatic rings. The van der Waals surface area contributed by atoms with Crippen LogP contribution < -0.4 is 5.56 Å². The van der Waals surface area contributed by atoms with Crippen LogP contribution in [0.5, 0.6) is 0 Å². The third kappa shape index (κ3) is 2.70. The second-order valence-corrected chi connectivity index (χ2v) is 9.89. The van der Waals surface area contributed by atoms with Crippen molar-refractivity contribution in [2.45, 2.75) is 45.3 Å². The van der Waals surface area contributed by atoms with Crippen LogP contribution in [0.3, 0.4) is 0 Å². The molecule has 0 amide bonds. The van der Waals surface area contributed by atoms with Crippen molar-refractivity contribution in [3.63, 3.8) is 0 Å². The first kappa shape index (κ1) is 18.4. The number of methoxy groups -OCH3 is 1. The van der Waals surface area contributed by atoms with E-state index >= 15 is 0 Å². The molecule has 6 nitrogen and oxygen atoms in total. The van der Waals surface area contributed by atoms with Crippen molar-refractivity contribution in [2.75, 3.05) is 7.11 Å². The quantitative estimate of drug-likeness (QED) is 0.570. The molecule has 2 heterocycles. The maximum atomic E-state index is 12.9. The summed E-state index contributed by atoms with van der Waals surface area (Å²) in [6.07, 6.45) is 0. The molecule has 0 spiro atoms. The van der Waals surface area contributed by atoms with Gasteiger partial charge in [0.2, 0.25) is 0 Å². The first-order valence-electron chi connectivity index (χ1n) is 8.26. The van der Waals surface area contributed by atoms with Gasteiger partial charge in [-0.25, -0.2) is 0 Å². The van der Waals surface area contributed by atoms with E-state index in [4.69, 9.17) is 4.74 Å². The monoisotopic (exact) mass is 411 g/mol. The molecular formula is C18H23N2O4Se. The summed E-state index contributed by atoms with van der Waals surface area (Å²) in [7, 11) is 1.34. The summed E-state index contributed by atoms with van der Waals surface area (Å²) < 4.78 is 7.84. The van der Waals surface area contributed by atoms with E-state index < -0.39 is 23.0 Å². The number of ether oxygens (including phenoxy) is 1. The van der Waals surface area contributed by atoms with Gasteiger partial charge >= 0.3 is 153 Å². The third-order valence-corrected chi connectivity index (χ3v) is 7.77. The van der Waals surface area contributed by atoms with Crippen LogP contribution in [0.25, 0.3) is 9.65 Å². The number of benzene rings is 1. The molecule has 7 heteroatoms. The number of aromatic nitrogens is 1. The van der Waals surface area contributed by atoms with Crippen LogP contribution in [0.15, 0.2) is 29.1 Å². The number of rotatable bonds is 3. The molecule has 0 saturated carbocycles. The third-order valence-electron chi connectivity index (χ3n) is 5.49. The summed E-state index contributed by atoms with van der Waals surface area (Å²) >= 11 is -0.134. The standard InChI is InChI=1S/C18H23N2O4Se/c1-17(2)12(14(16(22)24-5)18(3,4)20(17)23)10-19-15(21)11-8-6-7-9-13(11)25-19/h6-9,12,14H,10H2,1-5H3/t12-,14+/m0/s1. The van der Waals surface area contributed by atoms with E-state index in [0.29, 0.717) is 6.54 Å². The van der Waals surface area contributed by atoms with Crippen LogP contribution in [0, 0.1) is 11.8 Å². The molecule has 0 aliphatic carbocycles. The van der Waals surface area contributed by atoms with Crippen molar-refractivity contribution < 1.29 is 14.7 Å². The molecule has 25 heavy (non-hydrogen) atoms. The first-order valence-corrected chi connectivity index (χ1v) is 9.88. The number of fused-ring (bicyclic) bond motifs is 1. The molecule has 3 rings (SSSR count). The van der Waals surface area contributed by atoms with E-state index in [1.165, 1.54) is 7.11 Å². The molecule has 0 unspecified atom stereocenters. The van der Waals surface area contributed by atoms with Gasteiger partial charge in [0.25, 0.3) is 0 Å². The zero-order valence-corrected chi connectivity index (χ0v) is 16.8. The number of esters is 1. The van der Waals surface area contributed by atoms with Crippen LogP contribution >= 0.6 is 0 Å². The van der Waals surface area contributed by atoms with E-state index in [1.807, 2.05) is 38.1 Å². The van der Waals surface area contributed by atoms with Crippen LogP contribution in [-0.2, 0) is 21.3 Å². The number of carbonyl (C=O) groups is 1. The van der Waals surface area contributed by atoms with E-state index in [2.05, 4.69) is 0 Å². The van der Waals surface area contributed by atoms with Gasteiger partial charge in [-0.15, -0.1) is 0 Å². The van der Waals surface area contributed by atoms with Crippen molar-refractivity contribution in [3.8, 4) is 0 Å². The molecule has 2 atom stereocenters. The summed E-state index contributed by atoms with van der Waals surface area (Å²) in [6, 6.07) is 7.58. The Labute approximate surface area is 152 Å². The Bertz CT molecular complexity index is 867. The zero-order chi connectivity index (χ0) is 18.6. The van der Waals surface area contributed by atoms with E-state index in [0.717, 1.165) is 14.7 Å². The molecule has 1 radical (unpaired) electrons. The Hall–Kier alpha value is -1.40. The predicted octanol–water partition coefficient (Wildman–Crippen LogP) is 1.68. The number of hydroxylamine groups is 2. The van der Waals surface area contributed by atoms with Gasteiger partial charge in [0.15, 0.2) is 0 Å². The molecule has 1 aromatic heterocycles. The molecule has 0 N–H and O–H groups in total. The first-order chi connectivity index (χ1) is 11.6. The molecule has 1 aromatic carbocycles. The normalized spacial score (nSPS) is 25.4. The summed E-state index contributed by atoms with van der Waals surface area (Å²) in [5.74, 6) is -1.28. The van der Waals surface area contributed by atoms with Crippen LogP contribution in [0.1, 0.15) is 27.7 Å².